The Morgan fingerprint density at radius 1 is 1.11 bits per heavy atom. The standard InChI is InChI=1S/C16H16N2O/c1-11-8-14(4-5-16(11)19)18-10-12-2-3-13-6-7-17-15(13)9-12/h2-9,17-19H,10H2,1H3. The summed E-state index contributed by atoms with van der Waals surface area (Å²) < 4.78 is 0. The van der Waals surface area contributed by atoms with Gasteiger partial charge in [-0.1, -0.05) is 12.1 Å². The van der Waals surface area contributed by atoms with Gasteiger partial charge >= 0.3 is 0 Å². The van der Waals surface area contributed by atoms with Gasteiger partial charge in [-0.2, -0.15) is 0 Å². The van der Waals surface area contributed by atoms with Crippen LogP contribution in [0.25, 0.3) is 10.9 Å². The van der Waals surface area contributed by atoms with E-state index in [1.165, 1.54) is 10.9 Å². The first-order valence-electron chi connectivity index (χ1n) is 6.32. The molecule has 0 aliphatic heterocycles. The van der Waals surface area contributed by atoms with Crippen molar-refractivity contribution >= 4 is 16.6 Å². The fourth-order valence-corrected chi connectivity index (χ4v) is 2.17. The summed E-state index contributed by atoms with van der Waals surface area (Å²) in [5.74, 6) is 0.332. The Balaban J connectivity index is 1.75. The summed E-state index contributed by atoms with van der Waals surface area (Å²) in [6, 6.07) is 14.0. The number of phenols is 1. The summed E-state index contributed by atoms with van der Waals surface area (Å²) in [5.41, 5.74) is 4.27. The molecular weight excluding hydrogens is 236 g/mol. The minimum absolute atomic E-state index is 0.332. The van der Waals surface area contributed by atoms with Crippen molar-refractivity contribution in [1.82, 2.24) is 4.98 Å². The molecule has 3 nitrogen and oxygen atoms in total. The van der Waals surface area contributed by atoms with E-state index in [1.807, 2.05) is 25.3 Å². The number of fused-ring (bicyclic) bond motifs is 1. The van der Waals surface area contributed by atoms with Crippen LogP contribution in [0.4, 0.5) is 5.69 Å². The van der Waals surface area contributed by atoms with E-state index >= 15 is 0 Å². The summed E-state index contributed by atoms with van der Waals surface area (Å²) in [4.78, 5) is 3.21. The molecule has 0 aliphatic carbocycles. The van der Waals surface area contributed by atoms with Gasteiger partial charge in [-0.25, -0.2) is 0 Å². The number of aryl methyl sites for hydroxylation is 1. The van der Waals surface area contributed by atoms with Gasteiger partial charge in [-0.15, -0.1) is 0 Å². The van der Waals surface area contributed by atoms with Gasteiger partial charge < -0.3 is 15.4 Å². The number of hydrogen-bond acceptors (Lipinski definition) is 2. The van der Waals surface area contributed by atoms with Crippen LogP contribution in [0.5, 0.6) is 5.75 Å². The molecule has 1 heterocycles. The number of aromatic hydroxyl groups is 1. The Hall–Kier alpha value is -2.42. The molecule has 0 atom stereocenters. The molecule has 0 unspecified atom stereocenters. The first kappa shape index (κ1) is 11.7. The van der Waals surface area contributed by atoms with E-state index in [4.69, 9.17) is 0 Å². The Morgan fingerprint density at radius 3 is 2.84 bits per heavy atom. The van der Waals surface area contributed by atoms with Crippen molar-refractivity contribution in [3.05, 3.63) is 59.8 Å². The Labute approximate surface area is 111 Å². The summed E-state index contributed by atoms with van der Waals surface area (Å²) in [5, 5.41) is 14.1. The van der Waals surface area contributed by atoms with Gasteiger partial charge in [0.25, 0.3) is 0 Å². The molecule has 3 heteroatoms. The van der Waals surface area contributed by atoms with E-state index in [2.05, 4.69) is 34.6 Å². The van der Waals surface area contributed by atoms with Crippen molar-refractivity contribution in [2.45, 2.75) is 13.5 Å². The summed E-state index contributed by atoms with van der Waals surface area (Å²) in [6.45, 7) is 2.66. The molecule has 19 heavy (non-hydrogen) atoms. The van der Waals surface area contributed by atoms with Crippen LogP contribution in [0.3, 0.4) is 0 Å². The lowest BCUT2D eigenvalue weighted by atomic mass is 10.1. The third-order valence-corrected chi connectivity index (χ3v) is 3.31. The van der Waals surface area contributed by atoms with Crippen molar-refractivity contribution in [1.29, 1.82) is 0 Å². The van der Waals surface area contributed by atoms with E-state index in [9.17, 15) is 5.11 Å². The molecule has 0 spiro atoms. The predicted octanol–water partition coefficient (Wildman–Crippen LogP) is 3.79. The fraction of sp³-hybridized carbons (Fsp3) is 0.125. The number of aromatic nitrogens is 1. The summed E-state index contributed by atoms with van der Waals surface area (Å²) >= 11 is 0. The van der Waals surface area contributed by atoms with Crippen molar-refractivity contribution in [2.24, 2.45) is 0 Å². The zero-order chi connectivity index (χ0) is 13.2. The van der Waals surface area contributed by atoms with Crippen LogP contribution in [0.15, 0.2) is 48.7 Å². The Morgan fingerprint density at radius 2 is 2.00 bits per heavy atom. The highest BCUT2D eigenvalue weighted by Crippen LogP contribution is 2.21. The number of benzene rings is 2. The van der Waals surface area contributed by atoms with Gasteiger partial charge in [0, 0.05) is 23.9 Å². The van der Waals surface area contributed by atoms with E-state index in [1.54, 1.807) is 6.07 Å². The van der Waals surface area contributed by atoms with E-state index in [0.29, 0.717) is 5.75 Å². The molecule has 96 valence electrons. The molecule has 0 saturated carbocycles. The second-order valence-electron chi connectivity index (χ2n) is 4.75. The first-order chi connectivity index (χ1) is 9.22. The summed E-state index contributed by atoms with van der Waals surface area (Å²) in [7, 11) is 0. The third-order valence-electron chi connectivity index (χ3n) is 3.31. The maximum Gasteiger partial charge on any atom is 0.118 e. The maximum atomic E-state index is 9.49. The van der Waals surface area contributed by atoms with Crippen molar-refractivity contribution in [2.75, 3.05) is 5.32 Å². The van der Waals surface area contributed by atoms with Gasteiger partial charge in [0.15, 0.2) is 0 Å². The summed E-state index contributed by atoms with van der Waals surface area (Å²) in [6.07, 6.45) is 1.95. The topological polar surface area (TPSA) is 48.0 Å². The molecule has 2 aromatic carbocycles. The van der Waals surface area contributed by atoms with E-state index in [0.717, 1.165) is 23.3 Å². The molecule has 3 N–H and O–H groups in total. The zero-order valence-electron chi connectivity index (χ0n) is 10.8. The predicted molar refractivity (Wildman–Crippen MR) is 78.5 cm³/mol. The number of rotatable bonds is 3. The SMILES string of the molecule is Cc1cc(NCc2ccc3cc[nH]c3c2)ccc1O. The van der Waals surface area contributed by atoms with Crippen molar-refractivity contribution in [3.8, 4) is 5.75 Å². The monoisotopic (exact) mass is 252 g/mol. The fourth-order valence-electron chi connectivity index (χ4n) is 2.17. The Bertz CT molecular complexity index is 716. The lowest BCUT2D eigenvalue weighted by molar-refractivity contribution is 0.471. The molecule has 0 saturated heterocycles. The highest BCUT2D eigenvalue weighted by atomic mass is 16.3. The van der Waals surface area contributed by atoms with E-state index < -0.39 is 0 Å². The van der Waals surface area contributed by atoms with Crippen LogP contribution in [-0.2, 0) is 6.54 Å². The number of anilines is 1. The molecule has 0 radical (unpaired) electrons. The van der Waals surface area contributed by atoms with E-state index in [-0.39, 0.29) is 0 Å². The highest BCUT2D eigenvalue weighted by molar-refractivity contribution is 5.79. The largest absolute Gasteiger partial charge is 0.508 e. The number of nitrogens with one attached hydrogen (secondary N) is 2. The molecule has 0 fully saturated rings. The lowest BCUT2D eigenvalue weighted by Crippen LogP contribution is -1.99. The van der Waals surface area contributed by atoms with Gasteiger partial charge in [-0.05, 0) is 53.8 Å². The first-order valence-corrected chi connectivity index (χ1v) is 6.32. The van der Waals surface area contributed by atoms with Crippen LogP contribution in [0.1, 0.15) is 11.1 Å². The molecule has 3 aromatic rings. The number of H-pyrrole nitrogens is 1. The second-order valence-corrected chi connectivity index (χ2v) is 4.75. The molecule has 0 bridgehead atoms. The molecule has 0 aliphatic rings. The molecular formula is C16H16N2O. The van der Waals surface area contributed by atoms with Crippen LogP contribution in [0, 0.1) is 6.92 Å². The minimum atomic E-state index is 0.332. The second kappa shape index (κ2) is 4.69. The molecule has 1 aromatic heterocycles. The smallest absolute Gasteiger partial charge is 0.118 e. The number of aromatic amines is 1. The lowest BCUT2D eigenvalue weighted by Gasteiger charge is -2.08. The van der Waals surface area contributed by atoms with Gasteiger partial charge in [-0.3, -0.25) is 0 Å². The third kappa shape index (κ3) is 2.40. The normalized spacial score (nSPS) is 10.8. The zero-order valence-corrected chi connectivity index (χ0v) is 10.8. The average Bonchev–Trinajstić information content (AvgIpc) is 2.87. The highest BCUT2D eigenvalue weighted by Gasteiger charge is 2.00. The number of phenolic OH excluding ortho intramolecular Hbond substituents is 1. The van der Waals surface area contributed by atoms with Crippen LogP contribution in [0.2, 0.25) is 0 Å². The van der Waals surface area contributed by atoms with Gasteiger partial charge in [0.05, 0.1) is 0 Å². The number of hydrogen-bond donors (Lipinski definition) is 3. The van der Waals surface area contributed by atoms with Crippen LogP contribution >= 0.6 is 0 Å². The van der Waals surface area contributed by atoms with Gasteiger partial charge in [0.2, 0.25) is 0 Å². The molecule has 3 rings (SSSR count). The quantitative estimate of drug-likeness (QED) is 0.621. The van der Waals surface area contributed by atoms with Crippen LogP contribution < -0.4 is 5.32 Å². The minimum Gasteiger partial charge on any atom is -0.508 e. The van der Waals surface area contributed by atoms with Gasteiger partial charge in [0.1, 0.15) is 5.75 Å². The Kier molecular flexibility index (Phi) is 2.88. The average molecular weight is 252 g/mol. The van der Waals surface area contributed by atoms with Crippen molar-refractivity contribution < 1.29 is 5.11 Å². The van der Waals surface area contributed by atoms with Crippen molar-refractivity contribution in [3.63, 3.8) is 0 Å². The maximum absolute atomic E-state index is 9.49. The van der Waals surface area contributed by atoms with Crippen LogP contribution in [-0.4, -0.2) is 10.1 Å². The molecule has 0 amide bonds.